The highest BCUT2D eigenvalue weighted by Gasteiger charge is 2.32. The molecule has 0 saturated carbocycles. The number of ether oxygens (including phenoxy) is 2. The Bertz CT molecular complexity index is 753. The molecule has 0 N–H and O–H groups in total. The molecule has 0 radical (unpaired) electrons. The number of hydrogen-bond acceptors (Lipinski definition) is 4. The molecule has 0 saturated heterocycles. The summed E-state index contributed by atoms with van der Waals surface area (Å²) in [6.45, 7) is 3.29. The lowest BCUT2D eigenvalue weighted by Crippen LogP contribution is -2.32. The molecule has 2 aromatic rings. The third kappa shape index (κ3) is 5.49. The van der Waals surface area contributed by atoms with Crippen LogP contribution in [0, 0.1) is 0 Å². The highest BCUT2D eigenvalue weighted by Crippen LogP contribution is 2.27. The number of methoxy groups -OCH3 is 2. The molecule has 0 unspecified atom stereocenters. The molecule has 0 heterocycles. The van der Waals surface area contributed by atoms with Crippen LogP contribution in [0.15, 0.2) is 48.5 Å². The number of carbonyl (C=O) groups is 2. The fraction of sp³-hybridized carbons (Fsp3) is 0.364. The van der Waals surface area contributed by atoms with Crippen LogP contribution in [-0.2, 0) is 31.9 Å². The Balaban J connectivity index is 2.10. The number of benzene rings is 2. The summed E-state index contributed by atoms with van der Waals surface area (Å²) >= 11 is 12.5. The quantitative estimate of drug-likeness (QED) is 0.475. The summed E-state index contributed by atoms with van der Waals surface area (Å²) in [5.74, 6) is -0.904. The third-order valence-corrected chi connectivity index (χ3v) is 5.11. The van der Waals surface area contributed by atoms with Gasteiger partial charge in [0.1, 0.15) is 9.75 Å². The Labute approximate surface area is 175 Å². The third-order valence-electron chi connectivity index (χ3n) is 4.54. The zero-order valence-electron chi connectivity index (χ0n) is 16.4. The van der Waals surface area contributed by atoms with Crippen molar-refractivity contribution in [3.05, 3.63) is 59.7 Å². The summed E-state index contributed by atoms with van der Waals surface area (Å²) in [6.07, 6.45) is 0.755. The van der Waals surface area contributed by atoms with E-state index in [0.717, 1.165) is 22.3 Å². The zero-order chi connectivity index (χ0) is 20.9. The predicted octanol–water partition coefficient (Wildman–Crippen LogP) is 4.78. The minimum Gasteiger partial charge on any atom is -0.468 e. The smallest absolute Gasteiger partial charge is 0.326 e. The van der Waals surface area contributed by atoms with Gasteiger partial charge < -0.3 is 9.47 Å². The first-order valence-electron chi connectivity index (χ1n) is 8.82. The highest BCUT2D eigenvalue weighted by molar-refractivity contribution is 6.34. The van der Waals surface area contributed by atoms with Gasteiger partial charge in [-0.3, -0.25) is 9.59 Å². The van der Waals surface area contributed by atoms with Crippen LogP contribution in [0.5, 0.6) is 0 Å². The van der Waals surface area contributed by atoms with E-state index in [1.165, 1.54) is 14.2 Å². The molecule has 4 nitrogen and oxygen atoms in total. The maximum absolute atomic E-state index is 11.7. The first-order chi connectivity index (χ1) is 13.1. The highest BCUT2D eigenvalue weighted by atomic mass is 35.5. The molecule has 28 heavy (non-hydrogen) atoms. The molecule has 0 aliphatic heterocycles. The molecule has 6 heteroatoms. The summed E-state index contributed by atoms with van der Waals surface area (Å²) in [5, 5.41) is 0. The first-order valence-corrected chi connectivity index (χ1v) is 9.57. The second-order valence-electron chi connectivity index (χ2n) is 7.13. The SMILES string of the molecule is COC(=O)[C@@](C)(Cl)Cc1ccc(-c2ccc(C[C@@](C)(Cl)C(=O)OC)cc2)cc1. The van der Waals surface area contributed by atoms with Crippen LogP contribution < -0.4 is 0 Å². The van der Waals surface area contributed by atoms with E-state index < -0.39 is 21.7 Å². The van der Waals surface area contributed by atoms with Crippen LogP contribution in [0.25, 0.3) is 11.1 Å². The Morgan fingerprint density at radius 3 is 1.25 bits per heavy atom. The van der Waals surface area contributed by atoms with E-state index in [-0.39, 0.29) is 0 Å². The summed E-state index contributed by atoms with van der Waals surface area (Å²) in [7, 11) is 2.65. The van der Waals surface area contributed by atoms with E-state index in [1.54, 1.807) is 13.8 Å². The lowest BCUT2D eigenvalue weighted by molar-refractivity contribution is -0.144. The van der Waals surface area contributed by atoms with Gasteiger partial charge in [-0.1, -0.05) is 48.5 Å². The van der Waals surface area contributed by atoms with Crippen molar-refractivity contribution in [1.82, 2.24) is 0 Å². The molecule has 0 aliphatic carbocycles. The summed E-state index contributed by atoms with van der Waals surface area (Å²) in [5.41, 5.74) is 3.95. The van der Waals surface area contributed by atoms with E-state index in [9.17, 15) is 9.59 Å². The fourth-order valence-electron chi connectivity index (χ4n) is 2.97. The largest absolute Gasteiger partial charge is 0.468 e. The standard InChI is InChI=1S/C22H24Cl2O4/c1-21(23,19(25)27-3)13-15-5-9-17(10-6-15)18-11-7-16(8-12-18)14-22(2,24)20(26)28-4/h5-12H,13-14H2,1-4H3/t21-,22+. The number of halogens is 2. The maximum atomic E-state index is 11.7. The van der Waals surface area contributed by atoms with Crippen LogP contribution in [0.2, 0.25) is 0 Å². The number of hydrogen-bond donors (Lipinski definition) is 0. The van der Waals surface area contributed by atoms with Crippen molar-refractivity contribution in [2.75, 3.05) is 14.2 Å². The summed E-state index contributed by atoms with van der Waals surface area (Å²) < 4.78 is 9.48. The monoisotopic (exact) mass is 422 g/mol. The van der Waals surface area contributed by atoms with Crippen LogP contribution in [-0.4, -0.2) is 35.9 Å². The van der Waals surface area contributed by atoms with E-state index >= 15 is 0 Å². The van der Waals surface area contributed by atoms with Crippen molar-refractivity contribution in [1.29, 1.82) is 0 Å². The molecular formula is C22H24Cl2O4. The molecule has 0 aliphatic rings. The van der Waals surface area contributed by atoms with Gasteiger partial charge in [-0.05, 0) is 36.1 Å². The van der Waals surface area contributed by atoms with E-state index in [0.29, 0.717) is 12.8 Å². The van der Waals surface area contributed by atoms with Gasteiger partial charge in [-0.2, -0.15) is 0 Å². The Kier molecular flexibility index (Phi) is 7.13. The van der Waals surface area contributed by atoms with Crippen LogP contribution in [0.3, 0.4) is 0 Å². The van der Waals surface area contributed by atoms with Crippen molar-refractivity contribution >= 4 is 35.1 Å². The van der Waals surface area contributed by atoms with E-state index in [2.05, 4.69) is 0 Å². The lowest BCUT2D eigenvalue weighted by Gasteiger charge is -2.19. The average Bonchev–Trinajstić information content (AvgIpc) is 2.67. The first kappa shape index (κ1) is 22.3. The Morgan fingerprint density at radius 1 is 0.714 bits per heavy atom. The molecule has 0 bridgehead atoms. The zero-order valence-corrected chi connectivity index (χ0v) is 17.9. The maximum Gasteiger partial charge on any atom is 0.326 e. The number of rotatable bonds is 7. The number of alkyl halides is 2. The lowest BCUT2D eigenvalue weighted by atomic mass is 9.95. The fourth-order valence-corrected chi connectivity index (χ4v) is 3.43. The molecule has 2 atom stereocenters. The van der Waals surface area contributed by atoms with Gasteiger partial charge in [0, 0.05) is 12.8 Å². The predicted molar refractivity (Wildman–Crippen MR) is 112 cm³/mol. The van der Waals surface area contributed by atoms with Crippen LogP contribution in [0.4, 0.5) is 0 Å². The molecule has 150 valence electrons. The number of esters is 2. The summed E-state index contributed by atoms with van der Waals surface area (Å²) in [6, 6.07) is 15.7. The number of carbonyl (C=O) groups excluding carboxylic acids is 2. The van der Waals surface area contributed by atoms with Crippen molar-refractivity contribution in [3.63, 3.8) is 0 Å². The normalized spacial score (nSPS) is 15.2. The van der Waals surface area contributed by atoms with Crippen LogP contribution in [0.1, 0.15) is 25.0 Å². The van der Waals surface area contributed by atoms with E-state index in [1.807, 2.05) is 48.5 Å². The van der Waals surface area contributed by atoms with Gasteiger partial charge in [0.05, 0.1) is 14.2 Å². The molecule has 0 fully saturated rings. The van der Waals surface area contributed by atoms with Gasteiger partial charge in [0.2, 0.25) is 0 Å². The van der Waals surface area contributed by atoms with Gasteiger partial charge in [-0.25, -0.2) is 0 Å². The second kappa shape index (κ2) is 8.97. The van der Waals surface area contributed by atoms with Gasteiger partial charge in [0.15, 0.2) is 0 Å². The van der Waals surface area contributed by atoms with Crippen LogP contribution >= 0.6 is 23.2 Å². The molecule has 2 rings (SSSR count). The second-order valence-corrected chi connectivity index (χ2v) is 8.79. The molecular weight excluding hydrogens is 399 g/mol. The minimum absolute atomic E-state index is 0.377. The van der Waals surface area contributed by atoms with Crippen molar-refractivity contribution in [3.8, 4) is 11.1 Å². The average molecular weight is 423 g/mol. The topological polar surface area (TPSA) is 52.6 Å². The van der Waals surface area contributed by atoms with Crippen molar-refractivity contribution in [2.24, 2.45) is 0 Å². The van der Waals surface area contributed by atoms with Gasteiger partial charge in [0.25, 0.3) is 0 Å². The van der Waals surface area contributed by atoms with E-state index in [4.69, 9.17) is 32.7 Å². The summed E-state index contributed by atoms with van der Waals surface area (Å²) in [4.78, 5) is 21.3. The Morgan fingerprint density at radius 2 is 1.00 bits per heavy atom. The van der Waals surface area contributed by atoms with Gasteiger partial charge in [-0.15, -0.1) is 23.2 Å². The van der Waals surface area contributed by atoms with Gasteiger partial charge >= 0.3 is 11.9 Å². The molecule has 0 amide bonds. The van der Waals surface area contributed by atoms with Crippen molar-refractivity contribution < 1.29 is 19.1 Å². The molecule has 2 aromatic carbocycles. The minimum atomic E-state index is -1.09. The van der Waals surface area contributed by atoms with Crippen molar-refractivity contribution in [2.45, 2.75) is 36.4 Å². The molecule has 0 spiro atoms. The Hall–Kier alpha value is -2.04. The molecule has 0 aromatic heterocycles.